The average Bonchev–Trinajstić information content (AvgIpc) is 2.03. The standard InChI is InChI=1S/C6H7N2O3P/c7-8-5-1-3-6(4-2-5)12(9,10)11/h1,3-4H,2H2,(H2,9,10,11). The molecule has 1 aliphatic carbocycles. The Labute approximate surface area is 68.8 Å². The van der Waals surface area contributed by atoms with E-state index in [0.717, 1.165) is 0 Å². The average molecular weight is 186 g/mol. The summed E-state index contributed by atoms with van der Waals surface area (Å²) in [6.45, 7) is 0. The molecule has 0 unspecified atom stereocenters. The fourth-order valence-electron chi connectivity index (χ4n) is 0.817. The number of hydrogen-bond donors (Lipinski definition) is 2. The van der Waals surface area contributed by atoms with Gasteiger partial charge in [0.1, 0.15) is 0 Å². The molecule has 0 fully saturated rings. The Morgan fingerprint density at radius 1 is 1.50 bits per heavy atom. The summed E-state index contributed by atoms with van der Waals surface area (Å²) < 4.78 is 10.7. The summed E-state index contributed by atoms with van der Waals surface area (Å²) in [7, 11) is -4.14. The summed E-state index contributed by atoms with van der Waals surface area (Å²) >= 11 is 0. The molecule has 0 heterocycles. The molecule has 64 valence electrons. The first-order valence-corrected chi connectivity index (χ1v) is 4.80. The van der Waals surface area contributed by atoms with Crippen molar-refractivity contribution in [3.8, 4) is 0 Å². The Hall–Kier alpha value is -0.990. The van der Waals surface area contributed by atoms with E-state index in [9.17, 15) is 4.57 Å². The van der Waals surface area contributed by atoms with Gasteiger partial charge >= 0.3 is 7.60 Å². The number of nitrogens with zero attached hydrogens (tertiary/aromatic N) is 2. The van der Waals surface area contributed by atoms with Crippen LogP contribution in [0.1, 0.15) is 6.42 Å². The van der Waals surface area contributed by atoms with E-state index in [-0.39, 0.29) is 11.7 Å². The first kappa shape index (κ1) is 9.10. The lowest BCUT2D eigenvalue weighted by molar-refractivity contribution is -0.00538. The second kappa shape index (κ2) is 3.17. The van der Waals surface area contributed by atoms with Crippen molar-refractivity contribution in [2.24, 2.45) is 0 Å². The molecule has 0 saturated carbocycles. The van der Waals surface area contributed by atoms with Gasteiger partial charge in [0, 0.05) is 6.08 Å². The summed E-state index contributed by atoms with van der Waals surface area (Å²) in [5, 5.41) is -0.0325. The monoisotopic (exact) mass is 186 g/mol. The van der Waals surface area contributed by atoms with Crippen LogP contribution in [-0.4, -0.2) is 20.3 Å². The Balaban J connectivity index is 2.92. The zero-order valence-electron chi connectivity index (χ0n) is 6.08. The normalized spacial score (nSPS) is 17.2. The van der Waals surface area contributed by atoms with E-state index in [1.807, 2.05) is 0 Å². The van der Waals surface area contributed by atoms with Gasteiger partial charge in [0.25, 0.3) is 5.71 Å². The van der Waals surface area contributed by atoms with E-state index >= 15 is 0 Å². The van der Waals surface area contributed by atoms with Gasteiger partial charge in [0.05, 0.1) is 11.7 Å². The first-order chi connectivity index (χ1) is 5.54. The van der Waals surface area contributed by atoms with Gasteiger partial charge in [0.15, 0.2) is 0 Å². The number of rotatable bonds is 1. The van der Waals surface area contributed by atoms with E-state index in [4.69, 9.17) is 15.3 Å². The van der Waals surface area contributed by atoms with E-state index in [1.165, 1.54) is 18.2 Å². The Bertz CT molecular complexity index is 346. The molecule has 0 amide bonds. The summed E-state index contributed by atoms with van der Waals surface area (Å²) in [6.07, 6.45) is 4.21. The molecule has 0 spiro atoms. The second-order valence-electron chi connectivity index (χ2n) is 2.30. The molecule has 0 aromatic carbocycles. The molecule has 0 radical (unpaired) electrons. The van der Waals surface area contributed by atoms with Crippen LogP contribution in [-0.2, 0) is 4.57 Å². The van der Waals surface area contributed by atoms with Crippen LogP contribution in [0.5, 0.6) is 0 Å². The van der Waals surface area contributed by atoms with Gasteiger partial charge in [-0.25, -0.2) is 0 Å². The van der Waals surface area contributed by atoms with E-state index in [0.29, 0.717) is 5.71 Å². The minimum atomic E-state index is -4.14. The summed E-state index contributed by atoms with van der Waals surface area (Å²) in [5.41, 5.74) is 8.68. The van der Waals surface area contributed by atoms with Crippen molar-refractivity contribution >= 4 is 13.3 Å². The predicted octanol–water partition coefficient (Wildman–Crippen LogP) is 0.679. The van der Waals surface area contributed by atoms with Crippen LogP contribution in [0.2, 0.25) is 0 Å². The number of hydrogen-bond acceptors (Lipinski definition) is 1. The summed E-state index contributed by atoms with van der Waals surface area (Å²) in [4.78, 5) is 20.3. The Morgan fingerprint density at radius 3 is 2.50 bits per heavy atom. The highest BCUT2D eigenvalue weighted by Crippen LogP contribution is 2.46. The number of allylic oxidation sites excluding steroid dienone is 4. The zero-order valence-corrected chi connectivity index (χ0v) is 6.98. The van der Waals surface area contributed by atoms with Gasteiger partial charge in [-0.05, 0) is 6.08 Å². The Morgan fingerprint density at radius 2 is 2.17 bits per heavy atom. The molecule has 0 bridgehead atoms. The van der Waals surface area contributed by atoms with Crippen LogP contribution in [0.3, 0.4) is 0 Å². The molecule has 0 atom stereocenters. The summed E-state index contributed by atoms with van der Waals surface area (Å²) in [6, 6.07) is 0. The van der Waals surface area contributed by atoms with Crippen LogP contribution in [0.25, 0.3) is 5.53 Å². The molecule has 0 saturated heterocycles. The quantitative estimate of drug-likeness (QED) is 0.358. The molecule has 12 heavy (non-hydrogen) atoms. The highest BCUT2D eigenvalue weighted by atomic mass is 31.2. The smallest absolute Gasteiger partial charge is 0.355 e. The van der Waals surface area contributed by atoms with Gasteiger partial charge < -0.3 is 15.3 Å². The van der Waals surface area contributed by atoms with Gasteiger partial charge in [-0.15, -0.1) is 0 Å². The second-order valence-corrected chi connectivity index (χ2v) is 3.91. The van der Waals surface area contributed by atoms with Crippen molar-refractivity contribution in [3.05, 3.63) is 29.1 Å². The lowest BCUT2D eigenvalue weighted by Gasteiger charge is -2.05. The van der Waals surface area contributed by atoms with Crippen molar-refractivity contribution in [1.29, 1.82) is 0 Å². The maximum Gasteiger partial charge on any atom is 0.355 e. The molecule has 0 aromatic heterocycles. The van der Waals surface area contributed by atoms with Gasteiger partial charge in [-0.1, -0.05) is 6.08 Å². The van der Waals surface area contributed by atoms with E-state index in [2.05, 4.69) is 4.79 Å². The highest BCUT2D eigenvalue weighted by Gasteiger charge is 2.21. The lowest BCUT2D eigenvalue weighted by Crippen LogP contribution is -1.98. The van der Waals surface area contributed by atoms with E-state index in [1.54, 1.807) is 0 Å². The topological polar surface area (TPSA) is 93.9 Å². The van der Waals surface area contributed by atoms with Crippen LogP contribution in [0.4, 0.5) is 0 Å². The van der Waals surface area contributed by atoms with Crippen LogP contribution in [0.15, 0.2) is 23.5 Å². The van der Waals surface area contributed by atoms with Crippen LogP contribution >= 0.6 is 7.60 Å². The molecule has 5 nitrogen and oxygen atoms in total. The lowest BCUT2D eigenvalue weighted by atomic mass is 10.2. The van der Waals surface area contributed by atoms with Crippen molar-refractivity contribution in [2.75, 3.05) is 0 Å². The maximum absolute atomic E-state index is 10.7. The van der Waals surface area contributed by atoms with Crippen LogP contribution in [0, 0.1) is 0 Å². The van der Waals surface area contributed by atoms with Crippen molar-refractivity contribution in [3.63, 3.8) is 0 Å². The first-order valence-electron chi connectivity index (χ1n) is 3.19. The third kappa shape index (κ3) is 2.00. The van der Waals surface area contributed by atoms with Crippen molar-refractivity contribution in [2.45, 2.75) is 6.42 Å². The molecule has 0 aromatic rings. The Kier molecular flexibility index (Phi) is 2.40. The third-order valence-electron chi connectivity index (χ3n) is 1.43. The minimum Gasteiger partial charge on any atom is -0.361 e. The predicted molar refractivity (Wildman–Crippen MR) is 42.5 cm³/mol. The third-order valence-corrected chi connectivity index (χ3v) is 2.44. The fraction of sp³-hybridized carbons (Fsp3) is 0.167. The van der Waals surface area contributed by atoms with Gasteiger partial charge in [0.2, 0.25) is 0 Å². The molecule has 2 N–H and O–H groups in total. The van der Waals surface area contributed by atoms with Gasteiger partial charge in [-0.2, -0.15) is 4.79 Å². The fourth-order valence-corrected chi connectivity index (χ4v) is 1.41. The largest absolute Gasteiger partial charge is 0.361 e. The van der Waals surface area contributed by atoms with E-state index < -0.39 is 7.60 Å². The minimum absolute atomic E-state index is 0.0325. The van der Waals surface area contributed by atoms with Crippen molar-refractivity contribution < 1.29 is 19.1 Å². The summed E-state index contributed by atoms with van der Waals surface area (Å²) in [5.74, 6) is 0. The molecule has 1 rings (SSSR count). The molecule has 6 heteroatoms. The molecular weight excluding hydrogens is 179 g/mol. The molecule has 0 aliphatic heterocycles. The molecular formula is C6H7N2O3P. The zero-order chi connectivity index (χ0) is 9.19. The van der Waals surface area contributed by atoms with Crippen molar-refractivity contribution in [1.82, 2.24) is 0 Å². The van der Waals surface area contributed by atoms with Crippen LogP contribution < -0.4 is 0 Å². The van der Waals surface area contributed by atoms with Gasteiger partial charge in [-0.3, -0.25) is 4.57 Å². The maximum atomic E-state index is 10.7. The molecule has 1 aliphatic rings. The SMILES string of the molecule is [N-]=[N+]=C1C=CC(P(=O)(O)O)=CC1. The highest BCUT2D eigenvalue weighted by molar-refractivity contribution is 7.56.